The van der Waals surface area contributed by atoms with Crippen molar-refractivity contribution in [1.82, 2.24) is 19.6 Å². The van der Waals surface area contributed by atoms with Gasteiger partial charge in [-0.15, -0.1) is 0 Å². The van der Waals surface area contributed by atoms with Crippen molar-refractivity contribution in [3.63, 3.8) is 0 Å². The van der Waals surface area contributed by atoms with Crippen LogP contribution >= 0.6 is 0 Å². The molecule has 130 valence electrons. The van der Waals surface area contributed by atoms with Crippen LogP contribution in [0.5, 0.6) is 0 Å². The molecule has 1 aromatic carbocycles. The third kappa shape index (κ3) is 3.13. The third-order valence-electron chi connectivity index (χ3n) is 4.32. The fourth-order valence-corrected chi connectivity index (χ4v) is 2.97. The van der Waals surface area contributed by atoms with Crippen molar-refractivity contribution >= 4 is 11.5 Å². The van der Waals surface area contributed by atoms with Crippen LogP contribution in [-0.4, -0.2) is 19.6 Å². The number of halogens is 1. The van der Waals surface area contributed by atoms with Gasteiger partial charge in [0.05, 0.1) is 17.9 Å². The van der Waals surface area contributed by atoms with Gasteiger partial charge >= 0.3 is 0 Å². The summed E-state index contributed by atoms with van der Waals surface area (Å²) in [4.78, 5) is 8.84. The fourth-order valence-electron chi connectivity index (χ4n) is 2.97. The smallest absolute Gasteiger partial charge is 0.157 e. The van der Waals surface area contributed by atoms with E-state index in [4.69, 9.17) is 0 Å². The van der Waals surface area contributed by atoms with E-state index < -0.39 is 0 Å². The minimum Gasteiger partial charge on any atom is -0.363 e. The quantitative estimate of drug-likeness (QED) is 0.578. The van der Waals surface area contributed by atoms with Crippen molar-refractivity contribution in [2.45, 2.75) is 19.4 Å². The van der Waals surface area contributed by atoms with Crippen molar-refractivity contribution in [2.24, 2.45) is 0 Å². The average Bonchev–Trinajstić information content (AvgIpc) is 3.16. The van der Waals surface area contributed by atoms with Crippen LogP contribution in [0.1, 0.15) is 24.9 Å². The second kappa shape index (κ2) is 6.92. The number of pyridine rings is 1. The van der Waals surface area contributed by atoms with Crippen molar-refractivity contribution < 1.29 is 4.39 Å². The Balaban J connectivity index is 1.76. The summed E-state index contributed by atoms with van der Waals surface area (Å²) in [6.45, 7) is 2.12. The number of aromatic nitrogens is 4. The molecule has 3 heterocycles. The Kier molecular flexibility index (Phi) is 4.31. The predicted octanol–water partition coefficient (Wildman–Crippen LogP) is 4.49. The summed E-state index contributed by atoms with van der Waals surface area (Å²) in [7, 11) is 0. The molecule has 4 rings (SSSR count). The first-order chi connectivity index (χ1) is 12.7. The van der Waals surface area contributed by atoms with Crippen LogP contribution in [0.15, 0.2) is 67.1 Å². The van der Waals surface area contributed by atoms with Gasteiger partial charge in [0.25, 0.3) is 0 Å². The summed E-state index contributed by atoms with van der Waals surface area (Å²) in [6.07, 6.45) is 6.24. The van der Waals surface area contributed by atoms with Gasteiger partial charge in [-0.2, -0.15) is 9.61 Å². The molecular weight excluding hydrogens is 329 g/mol. The van der Waals surface area contributed by atoms with Gasteiger partial charge in [0.1, 0.15) is 11.6 Å². The first kappa shape index (κ1) is 16.2. The second-order valence-electron chi connectivity index (χ2n) is 6.03. The molecule has 1 unspecified atom stereocenters. The standard InChI is InChI=1S/C20H18FN5/c1-2-17(15-4-3-10-22-13-15)24-20-12-18(14-5-7-16(21)8-6-14)25-19-9-11-23-26(19)20/h3-13,17,24H,2H2,1H3. The number of fused-ring (bicyclic) bond motifs is 1. The largest absolute Gasteiger partial charge is 0.363 e. The molecule has 26 heavy (non-hydrogen) atoms. The van der Waals surface area contributed by atoms with Crippen LogP contribution in [-0.2, 0) is 0 Å². The van der Waals surface area contributed by atoms with E-state index in [0.29, 0.717) is 0 Å². The molecular formula is C20H18FN5. The second-order valence-corrected chi connectivity index (χ2v) is 6.03. The Labute approximate surface area is 150 Å². The van der Waals surface area contributed by atoms with E-state index in [0.717, 1.165) is 34.7 Å². The topological polar surface area (TPSA) is 55.1 Å². The van der Waals surface area contributed by atoms with E-state index >= 15 is 0 Å². The highest BCUT2D eigenvalue weighted by molar-refractivity contribution is 5.66. The summed E-state index contributed by atoms with van der Waals surface area (Å²) in [5, 5.41) is 7.91. The molecule has 4 aromatic rings. The Morgan fingerprint density at radius 3 is 2.69 bits per heavy atom. The average molecular weight is 347 g/mol. The fraction of sp³-hybridized carbons (Fsp3) is 0.150. The first-order valence-electron chi connectivity index (χ1n) is 8.52. The maximum absolute atomic E-state index is 13.2. The molecule has 0 radical (unpaired) electrons. The molecule has 1 N–H and O–H groups in total. The lowest BCUT2D eigenvalue weighted by Crippen LogP contribution is -2.13. The number of nitrogens with one attached hydrogen (secondary N) is 1. The molecule has 6 heteroatoms. The van der Waals surface area contributed by atoms with Crippen molar-refractivity contribution in [2.75, 3.05) is 5.32 Å². The first-order valence-corrected chi connectivity index (χ1v) is 8.52. The molecule has 0 aliphatic heterocycles. The Hall–Kier alpha value is -3.28. The molecule has 0 saturated heterocycles. The maximum atomic E-state index is 13.2. The maximum Gasteiger partial charge on any atom is 0.157 e. The number of anilines is 1. The lowest BCUT2D eigenvalue weighted by Gasteiger charge is -2.19. The highest BCUT2D eigenvalue weighted by Gasteiger charge is 2.14. The van der Waals surface area contributed by atoms with Gasteiger partial charge in [-0.3, -0.25) is 4.98 Å². The minimum atomic E-state index is -0.264. The Morgan fingerprint density at radius 1 is 1.12 bits per heavy atom. The van der Waals surface area contributed by atoms with Gasteiger partial charge in [0.2, 0.25) is 0 Å². The third-order valence-corrected chi connectivity index (χ3v) is 4.32. The number of benzene rings is 1. The monoisotopic (exact) mass is 347 g/mol. The van der Waals surface area contributed by atoms with E-state index in [9.17, 15) is 4.39 Å². The zero-order valence-corrected chi connectivity index (χ0v) is 14.3. The summed E-state index contributed by atoms with van der Waals surface area (Å²) < 4.78 is 15.0. The van der Waals surface area contributed by atoms with E-state index in [2.05, 4.69) is 33.4 Å². The summed E-state index contributed by atoms with van der Waals surface area (Å²) in [5.41, 5.74) is 3.46. The van der Waals surface area contributed by atoms with Crippen LogP contribution in [0.2, 0.25) is 0 Å². The van der Waals surface area contributed by atoms with E-state index in [1.165, 1.54) is 12.1 Å². The number of nitrogens with zero attached hydrogens (tertiary/aromatic N) is 4. The van der Waals surface area contributed by atoms with Gasteiger partial charge in [-0.1, -0.05) is 13.0 Å². The van der Waals surface area contributed by atoms with E-state index in [1.54, 1.807) is 29.0 Å². The van der Waals surface area contributed by atoms with Crippen LogP contribution in [0.25, 0.3) is 16.9 Å². The van der Waals surface area contributed by atoms with E-state index in [1.807, 2.05) is 24.4 Å². The van der Waals surface area contributed by atoms with Crippen LogP contribution in [0.4, 0.5) is 10.2 Å². The zero-order valence-electron chi connectivity index (χ0n) is 14.3. The normalized spacial score (nSPS) is 12.2. The molecule has 3 aromatic heterocycles. The minimum absolute atomic E-state index is 0.0968. The van der Waals surface area contributed by atoms with Gasteiger partial charge in [-0.25, -0.2) is 9.37 Å². The van der Waals surface area contributed by atoms with Gasteiger partial charge in [0, 0.05) is 30.1 Å². The summed E-state index contributed by atoms with van der Waals surface area (Å²) in [6, 6.07) is 14.2. The predicted molar refractivity (Wildman–Crippen MR) is 99.3 cm³/mol. The van der Waals surface area contributed by atoms with Gasteiger partial charge in [-0.05, 0) is 42.3 Å². The highest BCUT2D eigenvalue weighted by atomic mass is 19.1. The van der Waals surface area contributed by atoms with Gasteiger partial charge < -0.3 is 5.32 Å². The molecule has 1 atom stereocenters. The molecule has 0 fully saturated rings. The molecule has 0 aliphatic carbocycles. The molecule has 0 saturated carbocycles. The number of hydrogen-bond donors (Lipinski definition) is 1. The summed E-state index contributed by atoms with van der Waals surface area (Å²) >= 11 is 0. The number of hydrogen-bond acceptors (Lipinski definition) is 4. The SMILES string of the molecule is CCC(Nc1cc(-c2ccc(F)cc2)nc2ccnn12)c1cccnc1. The lowest BCUT2D eigenvalue weighted by molar-refractivity contribution is 0.628. The highest BCUT2D eigenvalue weighted by Crippen LogP contribution is 2.26. The van der Waals surface area contributed by atoms with Crippen LogP contribution in [0.3, 0.4) is 0 Å². The number of rotatable bonds is 5. The van der Waals surface area contributed by atoms with E-state index in [-0.39, 0.29) is 11.9 Å². The zero-order chi connectivity index (χ0) is 17.9. The molecule has 0 bridgehead atoms. The Bertz CT molecular complexity index is 1010. The van der Waals surface area contributed by atoms with Crippen LogP contribution in [0, 0.1) is 5.82 Å². The van der Waals surface area contributed by atoms with Crippen molar-refractivity contribution in [3.05, 3.63) is 78.5 Å². The lowest BCUT2D eigenvalue weighted by atomic mass is 10.1. The molecule has 0 amide bonds. The molecule has 0 spiro atoms. The summed E-state index contributed by atoms with van der Waals surface area (Å²) in [5.74, 6) is 0.565. The van der Waals surface area contributed by atoms with Crippen molar-refractivity contribution in [1.29, 1.82) is 0 Å². The van der Waals surface area contributed by atoms with Gasteiger partial charge in [0.15, 0.2) is 5.65 Å². The molecule has 0 aliphatic rings. The van der Waals surface area contributed by atoms with Crippen molar-refractivity contribution in [3.8, 4) is 11.3 Å². The van der Waals surface area contributed by atoms with Crippen LogP contribution < -0.4 is 5.32 Å². The Morgan fingerprint density at radius 2 is 1.96 bits per heavy atom. The molecule has 5 nitrogen and oxygen atoms in total.